The minimum absolute atomic E-state index is 0.0620. The van der Waals surface area contributed by atoms with Gasteiger partial charge in [0.2, 0.25) is 5.91 Å². The van der Waals surface area contributed by atoms with Crippen LogP contribution < -0.4 is 10.1 Å². The molecule has 0 unspecified atom stereocenters. The molecule has 2 aromatic rings. The second-order valence-corrected chi connectivity index (χ2v) is 5.52. The molecule has 0 fully saturated rings. The number of halogens is 1. The average Bonchev–Trinajstić information content (AvgIpc) is 2.50. The van der Waals surface area contributed by atoms with Crippen LogP contribution in [0.5, 0.6) is 5.75 Å². The molecule has 0 heterocycles. The summed E-state index contributed by atoms with van der Waals surface area (Å²) in [4.78, 5) is 12.1. The summed E-state index contributed by atoms with van der Waals surface area (Å²) in [5.41, 5.74) is 1.67. The zero-order valence-electron chi connectivity index (χ0n) is 12.6. The Morgan fingerprint density at radius 2 is 1.95 bits per heavy atom. The summed E-state index contributed by atoms with van der Waals surface area (Å²) in [6, 6.07) is 14.7. The van der Waals surface area contributed by atoms with Crippen LogP contribution in [0.2, 0.25) is 5.02 Å². The molecule has 4 heteroatoms. The van der Waals surface area contributed by atoms with Gasteiger partial charge in [0.1, 0.15) is 5.75 Å². The third-order valence-electron chi connectivity index (χ3n) is 3.16. The average molecular weight is 318 g/mol. The van der Waals surface area contributed by atoms with Gasteiger partial charge in [0.15, 0.2) is 0 Å². The van der Waals surface area contributed by atoms with Crippen molar-refractivity contribution in [2.45, 2.75) is 26.2 Å². The van der Waals surface area contributed by atoms with Gasteiger partial charge in [-0.2, -0.15) is 0 Å². The van der Waals surface area contributed by atoms with Crippen LogP contribution in [-0.4, -0.2) is 12.5 Å². The summed E-state index contributed by atoms with van der Waals surface area (Å²) in [5, 5.41) is 3.55. The van der Waals surface area contributed by atoms with Gasteiger partial charge >= 0.3 is 0 Å². The van der Waals surface area contributed by atoms with Crippen molar-refractivity contribution >= 4 is 23.2 Å². The van der Waals surface area contributed by atoms with Gasteiger partial charge in [-0.05, 0) is 36.2 Å². The molecule has 0 spiro atoms. The zero-order chi connectivity index (χ0) is 15.8. The third kappa shape index (κ3) is 5.41. The number of nitrogens with one attached hydrogen (secondary N) is 1. The minimum Gasteiger partial charge on any atom is -0.494 e. The molecule has 116 valence electrons. The lowest BCUT2D eigenvalue weighted by Gasteiger charge is -2.09. The Balaban J connectivity index is 1.90. The van der Waals surface area contributed by atoms with Crippen molar-refractivity contribution in [3.63, 3.8) is 0 Å². The first-order valence-corrected chi connectivity index (χ1v) is 7.82. The van der Waals surface area contributed by atoms with E-state index in [1.165, 1.54) is 0 Å². The first kappa shape index (κ1) is 16.4. The molecule has 0 aliphatic heterocycles. The Morgan fingerprint density at radius 1 is 1.18 bits per heavy atom. The lowest BCUT2D eigenvalue weighted by atomic mass is 10.1. The van der Waals surface area contributed by atoms with Crippen LogP contribution in [-0.2, 0) is 11.2 Å². The monoisotopic (exact) mass is 317 g/mol. The molecular weight excluding hydrogens is 298 g/mol. The zero-order valence-corrected chi connectivity index (χ0v) is 13.4. The van der Waals surface area contributed by atoms with Gasteiger partial charge < -0.3 is 10.1 Å². The van der Waals surface area contributed by atoms with Crippen LogP contribution >= 0.6 is 11.6 Å². The molecule has 0 bridgehead atoms. The Labute approximate surface area is 136 Å². The fourth-order valence-corrected chi connectivity index (χ4v) is 2.12. The fraction of sp³-hybridized carbons (Fsp3) is 0.278. The van der Waals surface area contributed by atoms with Gasteiger partial charge in [0, 0.05) is 16.8 Å². The van der Waals surface area contributed by atoms with Crippen molar-refractivity contribution in [3.8, 4) is 5.75 Å². The van der Waals surface area contributed by atoms with E-state index in [0.717, 1.165) is 29.8 Å². The molecule has 0 aromatic heterocycles. The van der Waals surface area contributed by atoms with Gasteiger partial charge in [-0.3, -0.25) is 4.79 Å². The molecule has 0 saturated carbocycles. The lowest BCUT2D eigenvalue weighted by molar-refractivity contribution is -0.115. The summed E-state index contributed by atoms with van der Waals surface area (Å²) in [6.45, 7) is 2.81. The Hall–Kier alpha value is -2.00. The highest BCUT2D eigenvalue weighted by Crippen LogP contribution is 2.18. The van der Waals surface area contributed by atoms with E-state index in [-0.39, 0.29) is 5.91 Å². The number of hydrogen-bond donors (Lipinski definition) is 1. The predicted octanol–water partition coefficient (Wildman–Crippen LogP) is 4.70. The Bertz CT molecular complexity index is 611. The summed E-state index contributed by atoms with van der Waals surface area (Å²) in [7, 11) is 0. The standard InChI is InChI=1S/C18H20ClNO2/c1-2-3-11-22-17-6-4-5-16(13-17)20-18(21)12-14-7-9-15(19)10-8-14/h4-10,13H,2-3,11-12H2,1H3,(H,20,21). The first-order valence-electron chi connectivity index (χ1n) is 7.44. The maximum absolute atomic E-state index is 12.1. The molecule has 1 N–H and O–H groups in total. The number of carbonyl (C=O) groups excluding carboxylic acids is 1. The number of ether oxygens (including phenoxy) is 1. The molecule has 0 saturated heterocycles. The highest BCUT2D eigenvalue weighted by molar-refractivity contribution is 6.30. The van der Waals surface area contributed by atoms with E-state index >= 15 is 0 Å². The largest absolute Gasteiger partial charge is 0.494 e. The van der Waals surface area contributed by atoms with E-state index in [4.69, 9.17) is 16.3 Å². The number of carbonyl (C=O) groups is 1. The maximum atomic E-state index is 12.1. The summed E-state index contributed by atoms with van der Waals surface area (Å²) >= 11 is 5.83. The Morgan fingerprint density at radius 3 is 2.68 bits per heavy atom. The molecule has 22 heavy (non-hydrogen) atoms. The van der Waals surface area contributed by atoms with Crippen LogP contribution in [0, 0.1) is 0 Å². The van der Waals surface area contributed by atoms with Crippen LogP contribution in [0.3, 0.4) is 0 Å². The number of rotatable bonds is 7. The van der Waals surface area contributed by atoms with Crippen molar-refractivity contribution < 1.29 is 9.53 Å². The number of hydrogen-bond acceptors (Lipinski definition) is 2. The topological polar surface area (TPSA) is 38.3 Å². The van der Waals surface area contributed by atoms with E-state index < -0.39 is 0 Å². The second-order valence-electron chi connectivity index (χ2n) is 5.08. The third-order valence-corrected chi connectivity index (χ3v) is 3.41. The van der Waals surface area contributed by atoms with Crippen molar-refractivity contribution in [1.29, 1.82) is 0 Å². The molecule has 2 aromatic carbocycles. The van der Waals surface area contributed by atoms with Crippen LogP contribution in [0.4, 0.5) is 5.69 Å². The molecule has 0 aliphatic rings. The van der Waals surface area contributed by atoms with E-state index in [1.807, 2.05) is 36.4 Å². The molecule has 0 radical (unpaired) electrons. The second kappa shape index (κ2) is 8.44. The van der Waals surface area contributed by atoms with Crippen molar-refractivity contribution in [2.75, 3.05) is 11.9 Å². The minimum atomic E-state index is -0.0620. The van der Waals surface area contributed by atoms with Gasteiger partial charge in [-0.1, -0.05) is 43.1 Å². The summed E-state index contributed by atoms with van der Waals surface area (Å²) < 4.78 is 5.63. The van der Waals surface area contributed by atoms with Crippen molar-refractivity contribution in [2.24, 2.45) is 0 Å². The highest BCUT2D eigenvalue weighted by Gasteiger charge is 2.05. The first-order chi connectivity index (χ1) is 10.7. The maximum Gasteiger partial charge on any atom is 0.228 e. The molecule has 0 aliphatic carbocycles. The van der Waals surface area contributed by atoms with Crippen molar-refractivity contribution in [1.82, 2.24) is 0 Å². The molecular formula is C18H20ClNO2. The van der Waals surface area contributed by atoms with E-state index in [0.29, 0.717) is 18.1 Å². The van der Waals surface area contributed by atoms with Gasteiger partial charge in [-0.15, -0.1) is 0 Å². The predicted molar refractivity (Wildman–Crippen MR) is 90.6 cm³/mol. The van der Waals surface area contributed by atoms with E-state index in [9.17, 15) is 4.79 Å². The molecule has 0 atom stereocenters. The highest BCUT2D eigenvalue weighted by atomic mass is 35.5. The molecule has 3 nitrogen and oxygen atoms in total. The number of anilines is 1. The van der Waals surface area contributed by atoms with Gasteiger partial charge in [-0.25, -0.2) is 0 Å². The van der Waals surface area contributed by atoms with Crippen LogP contribution in [0.25, 0.3) is 0 Å². The van der Waals surface area contributed by atoms with Crippen molar-refractivity contribution in [3.05, 3.63) is 59.1 Å². The summed E-state index contributed by atoms with van der Waals surface area (Å²) in [5.74, 6) is 0.714. The number of amides is 1. The quantitative estimate of drug-likeness (QED) is 0.752. The lowest BCUT2D eigenvalue weighted by Crippen LogP contribution is -2.14. The van der Waals surface area contributed by atoms with Gasteiger partial charge in [0.05, 0.1) is 13.0 Å². The van der Waals surface area contributed by atoms with E-state index in [2.05, 4.69) is 12.2 Å². The number of unbranched alkanes of at least 4 members (excludes halogenated alkanes) is 1. The summed E-state index contributed by atoms with van der Waals surface area (Å²) in [6.07, 6.45) is 2.43. The molecule has 1 amide bonds. The molecule has 2 rings (SSSR count). The van der Waals surface area contributed by atoms with Crippen LogP contribution in [0.15, 0.2) is 48.5 Å². The Kier molecular flexibility index (Phi) is 6.28. The SMILES string of the molecule is CCCCOc1cccc(NC(=O)Cc2ccc(Cl)cc2)c1. The number of benzene rings is 2. The van der Waals surface area contributed by atoms with Crippen LogP contribution in [0.1, 0.15) is 25.3 Å². The van der Waals surface area contributed by atoms with E-state index in [1.54, 1.807) is 12.1 Å². The van der Waals surface area contributed by atoms with Gasteiger partial charge in [0.25, 0.3) is 0 Å². The smallest absolute Gasteiger partial charge is 0.228 e. The fourth-order valence-electron chi connectivity index (χ4n) is 1.99. The normalized spacial score (nSPS) is 10.3.